The maximum atomic E-state index is 13.8. The van der Waals surface area contributed by atoms with Crippen LogP contribution in [-0.2, 0) is 35.0 Å². The molecule has 4 aromatic heterocycles. The Bertz CT molecular complexity index is 3020. The second-order valence-corrected chi connectivity index (χ2v) is 16.9. The maximum Gasteiger partial charge on any atom is 0.419 e. The maximum absolute atomic E-state index is 13.8. The van der Waals surface area contributed by atoms with Crippen LogP contribution in [0.3, 0.4) is 0 Å². The molecule has 0 spiro atoms. The van der Waals surface area contributed by atoms with Gasteiger partial charge in [-0.1, -0.05) is 17.3 Å². The quantitative estimate of drug-likeness (QED) is 0.0402. The van der Waals surface area contributed by atoms with E-state index in [1.54, 1.807) is 9.80 Å². The molecule has 2 amide bonds. The number of amides is 2. The minimum absolute atomic E-state index is 0.000182. The number of nitrogens with one attached hydrogen (secondary N) is 1. The summed E-state index contributed by atoms with van der Waals surface area (Å²) in [6.07, 6.45) is -3.75. The van der Waals surface area contributed by atoms with E-state index in [4.69, 9.17) is 16.9 Å². The van der Waals surface area contributed by atoms with E-state index in [9.17, 15) is 59.5 Å². The lowest BCUT2D eigenvalue weighted by Crippen LogP contribution is -2.35. The smallest absolute Gasteiger partial charge is 0.409 e. The van der Waals surface area contributed by atoms with Crippen molar-refractivity contribution < 1.29 is 49.9 Å². The number of carbonyl (C=O) groups is 2. The molecule has 2 aliphatic heterocycles. The molecule has 6 heterocycles. The van der Waals surface area contributed by atoms with E-state index in [0.717, 1.165) is 69.6 Å². The zero-order valence-electron chi connectivity index (χ0n) is 33.7. The molecular weight excluding hydrogens is 913 g/mol. The van der Waals surface area contributed by atoms with Crippen molar-refractivity contribution in [3.63, 3.8) is 0 Å². The summed E-state index contributed by atoms with van der Waals surface area (Å²) < 4.78 is 110. The predicted octanol–water partition coefficient (Wildman–Crippen LogP) is 7.40. The minimum Gasteiger partial charge on any atom is -0.409 e. The number of benzene rings is 2. The van der Waals surface area contributed by atoms with Crippen LogP contribution in [-0.4, -0.2) is 73.8 Å². The summed E-state index contributed by atoms with van der Waals surface area (Å²) in [6.45, 7) is 1.74. The number of oxime groups is 1. The van der Waals surface area contributed by atoms with Gasteiger partial charge in [0, 0.05) is 60.5 Å². The van der Waals surface area contributed by atoms with Crippen molar-refractivity contribution in [2.24, 2.45) is 16.6 Å². The third kappa shape index (κ3) is 9.32. The first-order valence-corrected chi connectivity index (χ1v) is 21.4. The molecule has 6 aromatic rings. The second kappa shape index (κ2) is 18.1. The molecule has 342 valence electrons. The molecule has 2 fully saturated rings. The Morgan fingerprint density at radius 3 is 1.43 bits per heavy atom. The molecule has 0 bridgehead atoms. The Hall–Kier alpha value is -6.62. The number of rotatable bonds is 8. The summed E-state index contributed by atoms with van der Waals surface area (Å²) in [5, 5.41) is 23.0. The van der Waals surface area contributed by atoms with E-state index in [0.29, 0.717) is 55.1 Å². The van der Waals surface area contributed by atoms with Gasteiger partial charge in [-0.25, -0.2) is 8.78 Å². The Kier molecular flexibility index (Phi) is 12.9. The van der Waals surface area contributed by atoms with Gasteiger partial charge in [0.2, 0.25) is 11.8 Å². The number of carbonyl (C=O) groups excluding carboxylic acids is 2. The largest absolute Gasteiger partial charge is 0.419 e. The lowest BCUT2D eigenvalue weighted by atomic mass is 10.0. The fraction of sp³-hybridized carbons (Fsp3) is 0.286. The summed E-state index contributed by atoms with van der Waals surface area (Å²) in [5.74, 6) is -4.09. The minimum atomic E-state index is -4.92. The molecule has 0 radical (unpaired) electrons. The number of fused-ring (bicyclic) bond motifs is 2. The van der Waals surface area contributed by atoms with Crippen LogP contribution in [0.2, 0.25) is 0 Å². The Morgan fingerprint density at radius 2 is 1.06 bits per heavy atom. The van der Waals surface area contributed by atoms with E-state index in [1.165, 1.54) is 23.2 Å². The zero-order chi connectivity index (χ0) is 47.1. The molecule has 13 nitrogen and oxygen atoms in total. The summed E-state index contributed by atoms with van der Waals surface area (Å²) in [7, 11) is 0. The lowest BCUT2D eigenvalue weighted by Gasteiger charge is -2.17. The Balaban J connectivity index is 0.000000194. The van der Waals surface area contributed by atoms with Gasteiger partial charge < -0.3 is 35.6 Å². The molecule has 2 saturated heterocycles. The van der Waals surface area contributed by atoms with Crippen LogP contribution in [0.1, 0.15) is 47.9 Å². The molecule has 8 rings (SSSR count). The van der Waals surface area contributed by atoms with Gasteiger partial charge in [0.25, 0.3) is 11.1 Å². The molecule has 23 heteroatoms. The number of nitrogen functional groups attached to an aromatic ring is 1. The van der Waals surface area contributed by atoms with Gasteiger partial charge in [0.05, 0.1) is 42.4 Å². The number of halogens is 8. The number of pyridine rings is 2. The molecule has 65 heavy (non-hydrogen) atoms. The van der Waals surface area contributed by atoms with E-state index < -0.39 is 46.2 Å². The fourth-order valence-electron chi connectivity index (χ4n) is 7.70. The van der Waals surface area contributed by atoms with Crippen molar-refractivity contribution in [2.45, 2.75) is 51.1 Å². The average Bonchev–Trinajstić information content (AvgIpc) is 4.10. The van der Waals surface area contributed by atoms with Crippen molar-refractivity contribution >= 4 is 66.3 Å². The van der Waals surface area contributed by atoms with Gasteiger partial charge in [-0.2, -0.15) is 26.3 Å². The summed E-state index contributed by atoms with van der Waals surface area (Å²) in [4.78, 5) is 55.0. The van der Waals surface area contributed by atoms with Crippen molar-refractivity contribution in [3.8, 4) is 22.3 Å². The molecule has 2 aromatic carbocycles. The zero-order valence-corrected chi connectivity index (χ0v) is 35.3. The van der Waals surface area contributed by atoms with Gasteiger partial charge in [-0.3, -0.25) is 24.6 Å². The summed E-state index contributed by atoms with van der Waals surface area (Å²) in [6, 6.07) is 4.96. The number of hydrogen-bond acceptors (Lipinski definition) is 9. The predicted molar refractivity (Wildman–Crippen MR) is 228 cm³/mol. The number of nitrogens with zero attached hydrogens (tertiary/aromatic N) is 5. The molecule has 2 aliphatic rings. The van der Waals surface area contributed by atoms with Gasteiger partial charge in [0.1, 0.15) is 30.6 Å². The molecule has 0 unspecified atom stereocenters. The SMILES string of the molecule is N=C(N)c1cn(CC(=O)N2CCCC2)c(=O)c2c(-c3ccc(F)c(C(F)(F)F)c3)csc12.NC(=NO)c1cn(CC(=O)N2CCCC2)c(=O)c2c(-c3ccc(F)c(C(F)(F)F)c3)csc12. The second-order valence-electron chi connectivity index (χ2n) is 15.1. The van der Waals surface area contributed by atoms with E-state index in [2.05, 4.69) is 5.16 Å². The Morgan fingerprint density at radius 1 is 0.677 bits per heavy atom. The van der Waals surface area contributed by atoms with Crippen LogP contribution in [0, 0.1) is 17.0 Å². The van der Waals surface area contributed by atoms with Gasteiger partial charge in [-0.05, 0) is 61.1 Å². The topological polar surface area (TPSA) is 193 Å². The number of thiophene rings is 2. The van der Waals surface area contributed by atoms with E-state index >= 15 is 0 Å². The van der Waals surface area contributed by atoms with Crippen LogP contribution >= 0.6 is 22.7 Å². The standard InChI is InChI=1S/C21H18F4N4O3S.C21H18F4N4O2S/c22-15-4-3-11(7-14(15)21(23,24)25)13-10-33-18-12(19(26)27-32)8-29(20(31)17(13)18)9-16(30)28-5-1-2-6-28;22-15-4-3-11(7-14(15)21(23,24)25)13-10-32-18-12(19(26)27)8-29(20(31)17(13)18)9-16(30)28-5-1-2-6-28/h3-4,7-8,10,32H,1-2,5-6,9H2,(H2,26,27);3-4,7-8,10H,1-2,5-6,9H2,(H3,26,27). The highest BCUT2D eigenvalue weighted by Gasteiger charge is 2.36. The van der Waals surface area contributed by atoms with Crippen molar-refractivity contribution in [2.75, 3.05) is 26.2 Å². The number of likely N-dealkylation sites (tertiary alicyclic amines) is 2. The normalized spacial score (nSPS) is 14.6. The van der Waals surface area contributed by atoms with Crippen LogP contribution in [0.15, 0.2) is 74.3 Å². The van der Waals surface area contributed by atoms with Crippen molar-refractivity contribution in [1.82, 2.24) is 18.9 Å². The molecule has 0 atom stereocenters. The number of amidine groups is 2. The van der Waals surface area contributed by atoms with E-state index in [1.807, 2.05) is 0 Å². The first-order chi connectivity index (χ1) is 30.7. The molecule has 0 aliphatic carbocycles. The third-order valence-electron chi connectivity index (χ3n) is 11.0. The van der Waals surface area contributed by atoms with Crippen LogP contribution in [0.25, 0.3) is 42.4 Å². The average molecular weight is 949 g/mol. The van der Waals surface area contributed by atoms with Crippen LogP contribution in [0.4, 0.5) is 35.1 Å². The first-order valence-electron chi connectivity index (χ1n) is 19.6. The summed E-state index contributed by atoms with van der Waals surface area (Å²) >= 11 is 2.05. The van der Waals surface area contributed by atoms with Crippen LogP contribution in [0.5, 0.6) is 0 Å². The number of aromatic nitrogens is 2. The van der Waals surface area contributed by atoms with Gasteiger partial charge >= 0.3 is 12.4 Å². The van der Waals surface area contributed by atoms with E-state index in [-0.39, 0.29) is 85.4 Å². The fourth-order valence-corrected chi connectivity index (χ4v) is 9.89. The first kappa shape index (κ1) is 46.4. The van der Waals surface area contributed by atoms with Gasteiger partial charge in [-0.15, -0.1) is 22.7 Å². The molecule has 0 saturated carbocycles. The highest BCUT2D eigenvalue weighted by Crippen LogP contribution is 2.40. The lowest BCUT2D eigenvalue weighted by molar-refractivity contribution is -0.140. The van der Waals surface area contributed by atoms with Crippen molar-refractivity contribution in [1.29, 1.82) is 5.41 Å². The third-order valence-corrected chi connectivity index (χ3v) is 13.0. The van der Waals surface area contributed by atoms with Crippen molar-refractivity contribution in [3.05, 3.63) is 114 Å². The molecule has 6 N–H and O–H groups in total. The van der Waals surface area contributed by atoms with Crippen LogP contribution < -0.4 is 22.6 Å². The summed E-state index contributed by atoms with van der Waals surface area (Å²) in [5.41, 5.74) is 7.94. The van der Waals surface area contributed by atoms with Gasteiger partial charge in [0.15, 0.2) is 5.84 Å². The number of alkyl halides is 6. The highest BCUT2D eigenvalue weighted by molar-refractivity contribution is 7.18. The number of nitrogens with two attached hydrogens (primary N) is 2. The monoisotopic (exact) mass is 948 g/mol. The number of hydrogen-bond donors (Lipinski definition) is 4. The Labute approximate surface area is 369 Å². The molecular formula is C42H36F8N8O5S2. The highest BCUT2D eigenvalue weighted by atomic mass is 32.1.